The first-order valence-corrected chi connectivity index (χ1v) is 12.7. The van der Waals surface area contributed by atoms with Crippen molar-refractivity contribution in [3.8, 4) is 0 Å². The third kappa shape index (κ3) is 6.36. The zero-order valence-corrected chi connectivity index (χ0v) is 20.4. The zero-order chi connectivity index (χ0) is 24.0. The number of carbonyl (C=O) groups is 1. The molecule has 0 saturated heterocycles. The molecule has 2 N–H and O–H groups in total. The van der Waals surface area contributed by atoms with Gasteiger partial charge in [0.15, 0.2) is 10.8 Å². The average molecular weight is 497 g/mol. The molecular formula is C21H28N4O6S2. The lowest BCUT2D eigenvalue weighted by Gasteiger charge is -2.16. The molecule has 33 heavy (non-hydrogen) atoms. The van der Waals surface area contributed by atoms with Crippen molar-refractivity contribution >= 4 is 38.1 Å². The summed E-state index contributed by atoms with van der Waals surface area (Å²) in [6, 6.07) is 5.79. The van der Waals surface area contributed by atoms with Gasteiger partial charge in [-0.15, -0.1) is 11.3 Å². The van der Waals surface area contributed by atoms with E-state index >= 15 is 0 Å². The maximum Gasteiger partial charge on any atom is 0.280 e. The number of sulfonamides is 1. The van der Waals surface area contributed by atoms with Crippen LogP contribution in [0.3, 0.4) is 0 Å². The zero-order valence-electron chi connectivity index (χ0n) is 18.7. The maximum atomic E-state index is 13.0. The number of benzene rings is 1. The third-order valence-electron chi connectivity index (χ3n) is 5.27. The van der Waals surface area contributed by atoms with E-state index in [1.165, 1.54) is 42.6 Å². The Morgan fingerprint density at radius 1 is 1.30 bits per heavy atom. The number of nitrogens with one attached hydrogen (secondary N) is 1. The van der Waals surface area contributed by atoms with Crippen molar-refractivity contribution in [3.05, 3.63) is 40.9 Å². The summed E-state index contributed by atoms with van der Waals surface area (Å²) in [6.07, 6.45) is 3.86. The molecule has 0 unspecified atom stereocenters. The molecule has 1 fully saturated rings. The SMILES string of the molecule is CO[C@@H]1CC[C@@H](O/N=C(/C(=O)Nc2ncc(C)s2)c2ccc(S(=O)(=O)N(C)CCO)cc2)C1. The quantitative estimate of drug-likeness (QED) is 0.380. The number of likely N-dealkylation sites (N-methyl/N-ethyl adjacent to an activating group) is 1. The standard InChI is InChI=1S/C21H28N4O6S2/c1-14-13-22-21(32-14)23-20(27)19(24-31-17-7-6-16(12-17)30-3)15-4-8-18(9-5-15)33(28,29)25(2)10-11-26/h4-5,8-9,13,16-17,26H,6-7,10-12H2,1-3H3,(H,22,23,27)/b24-19+/t16-,17-/m1/s1. The highest BCUT2D eigenvalue weighted by Crippen LogP contribution is 2.25. The van der Waals surface area contributed by atoms with Crippen molar-refractivity contribution in [2.45, 2.75) is 43.3 Å². The maximum absolute atomic E-state index is 13.0. The van der Waals surface area contributed by atoms with E-state index < -0.39 is 15.9 Å². The third-order valence-corrected chi connectivity index (χ3v) is 7.97. The number of hydrogen-bond donors (Lipinski definition) is 2. The molecule has 180 valence electrons. The number of aliphatic hydroxyl groups excluding tert-OH is 1. The lowest BCUT2D eigenvalue weighted by molar-refractivity contribution is -0.110. The van der Waals surface area contributed by atoms with Crippen LogP contribution in [-0.2, 0) is 24.4 Å². The fourth-order valence-electron chi connectivity index (χ4n) is 3.36. The molecule has 2 aromatic rings. The fraction of sp³-hybridized carbons (Fsp3) is 0.476. The molecule has 0 spiro atoms. The van der Waals surface area contributed by atoms with E-state index in [1.54, 1.807) is 13.3 Å². The van der Waals surface area contributed by atoms with Gasteiger partial charge in [-0.2, -0.15) is 4.31 Å². The van der Waals surface area contributed by atoms with Crippen LogP contribution in [0.1, 0.15) is 29.7 Å². The van der Waals surface area contributed by atoms with E-state index in [0.717, 1.165) is 22.0 Å². The number of aryl methyl sites for hydroxylation is 1. The number of ether oxygens (including phenoxy) is 1. The van der Waals surface area contributed by atoms with Crippen molar-refractivity contribution in [3.63, 3.8) is 0 Å². The van der Waals surface area contributed by atoms with Gasteiger partial charge < -0.3 is 14.7 Å². The van der Waals surface area contributed by atoms with Gasteiger partial charge >= 0.3 is 0 Å². The summed E-state index contributed by atoms with van der Waals surface area (Å²) >= 11 is 1.33. The number of nitrogens with zero attached hydrogens (tertiary/aromatic N) is 3. The number of rotatable bonds is 10. The molecule has 1 heterocycles. The van der Waals surface area contributed by atoms with E-state index in [-0.39, 0.29) is 36.0 Å². The monoisotopic (exact) mass is 496 g/mol. The van der Waals surface area contributed by atoms with Gasteiger partial charge in [0.1, 0.15) is 6.10 Å². The Balaban J connectivity index is 1.85. The van der Waals surface area contributed by atoms with Crippen molar-refractivity contribution in [1.82, 2.24) is 9.29 Å². The Morgan fingerprint density at radius 2 is 2.00 bits per heavy atom. The van der Waals surface area contributed by atoms with Crippen molar-refractivity contribution in [2.24, 2.45) is 5.16 Å². The molecular weight excluding hydrogens is 468 g/mol. The van der Waals surface area contributed by atoms with Crippen molar-refractivity contribution < 1.29 is 27.9 Å². The predicted octanol–water partition coefficient (Wildman–Crippen LogP) is 1.99. The molecule has 12 heteroatoms. The van der Waals surface area contributed by atoms with E-state index in [0.29, 0.717) is 17.1 Å². The Bertz CT molecular complexity index is 1080. The summed E-state index contributed by atoms with van der Waals surface area (Å²) in [5.41, 5.74) is 0.405. The van der Waals surface area contributed by atoms with Crippen LogP contribution in [0.4, 0.5) is 5.13 Å². The fourth-order valence-corrected chi connectivity index (χ4v) is 5.18. The van der Waals surface area contributed by atoms with Gasteiger partial charge in [0, 0.05) is 43.8 Å². The van der Waals surface area contributed by atoms with Gasteiger partial charge in [0.25, 0.3) is 5.91 Å². The topological polar surface area (TPSA) is 130 Å². The molecule has 1 aromatic heterocycles. The summed E-state index contributed by atoms with van der Waals surface area (Å²) in [5.74, 6) is -0.515. The smallest absolute Gasteiger partial charge is 0.280 e. The number of amides is 1. The first-order valence-electron chi connectivity index (χ1n) is 10.4. The number of anilines is 1. The number of aliphatic hydroxyl groups is 1. The van der Waals surface area contributed by atoms with Gasteiger partial charge in [0.2, 0.25) is 10.0 Å². The van der Waals surface area contributed by atoms with Crippen LogP contribution in [0, 0.1) is 6.92 Å². The van der Waals surface area contributed by atoms with Gasteiger partial charge in [-0.05, 0) is 31.9 Å². The summed E-state index contributed by atoms with van der Waals surface area (Å²) in [7, 11) is -0.726. The summed E-state index contributed by atoms with van der Waals surface area (Å²) < 4.78 is 31.6. The number of thiazole rings is 1. The molecule has 2 atom stereocenters. The largest absolute Gasteiger partial charge is 0.395 e. The van der Waals surface area contributed by atoms with E-state index in [1.807, 2.05) is 6.92 Å². The Labute approximate surface area is 197 Å². The highest BCUT2D eigenvalue weighted by atomic mass is 32.2. The highest BCUT2D eigenvalue weighted by Gasteiger charge is 2.27. The second kappa shape index (κ2) is 11.2. The first-order chi connectivity index (χ1) is 15.7. The normalized spacial score (nSPS) is 19.1. The van der Waals surface area contributed by atoms with E-state index in [9.17, 15) is 13.2 Å². The summed E-state index contributed by atoms with van der Waals surface area (Å²) in [6.45, 7) is 1.57. The van der Waals surface area contributed by atoms with Crippen LogP contribution in [0.25, 0.3) is 0 Å². The molecule has 1 aromatic carbocycles. The van der Waals surface area contributed by atoms with Gasteiger partial charge in [-0.1, -0.05) is 17.3 Å². The summed E-state index contributed by atoms with van der Waals surface area (Å²) in [5, 5.41) is 16.3. The number of hydrogen-bond acceptors (Lipinski definition) is 9. The van der Waals surface area contributed by atoms with Gasteiger partial charge in [0.05, 0.1) is 17.6 Å². The van der Waals surface area contributed by atoms with Crippen LogP contribution >= 0.6 is 11.3 Å². The molecule has 1 saturated carbocycles. The predicted molar refractivity (Wildman–Crippen MR) is 125 cm³/mol. The second-order valence-corrected chi connectivity index (χ2v) is 10.9. The molecule has 1 amide bonds. The Kier molecular flexibility index (Phi) is 8.54. The number of carbonyl (C=O) groups excluding carboxylic acids is 1. The van der Waals surface area contributed by atoms with Crippen molar-refractivity contribution in [1.29, 1.82) is 0 Å². The van der Waals surface area contributed by atoms with Crippen LogP contribution in [-0.4, -0.2) is 73.9 Å². The minimum absolute atomic E-state index is 0.0105. The Hall–Kier alpha value is -2.38. The average Bonchev–Trinajstić information content (AvgIpc) is 3.43. The molecule has 1 aliphatic carbocycles. The van der Waals surface area contributed by atoms with E-state index in [4.69, 9.17) is 14.7 Å². The van der Waals surface area contributed by atoms with Crippen LogP contribution in [0.2, 0.25) is 0 Å². The summed E-state index contributed by atoms with van der Waals surface area (Å²) in [4.78, 5) is 23.8. The molecule has 3 rings (SSSR count). The number of oxime groups is 1. The lowest BCUT2D eigenvalue weighted by atomic mass is 10.1. The van der Waals surface area contributed by atoms with Crippen LogP contribution < -0.4 is 5.32 Å². The number of methoxy groups -OCH3 is 1. The highest BCUT2D eigenvalue weighted by molar-refractivity contribution is 7.89. The van der Waals surface area contributed by atoms with Gasteiger partial charge in [-0.3, -0.25) is 10.1 Å². The molecule has 0 aliphatic heterocycles. The van der Waals surface area contributed by atoms with E-state index in [2.05, 4.69) is 15.5 Å². The molecule has 0 radical (unpaired) electrons. The Morgan fingerprint density at radius 3 is 2.58 bits per heavy atom. The molecule has 0 bridgehead atoms. The lowest BCUT2D eigenvalue weighted by Crippen LogP contribution is -2.29. The van der Waals surface area contributed by atoms with Gasteiger partial charge in [-0.25, -0.2) is 13.4 Å². The van der Waals surface area contributed by atoms with Crippen molar-refractivity contribution in [2.75, 3.05) is 32.6 Å². The van der Waals surface area contributed by atoms with Crippen LogP contribution in [0.15, 0.2) is 40.5 Å². The first kappa shape index (κ1) is 25.2. The number of aromatic nitrogens is 1. The second-order valence-electron chi connectivity index (χ2n) is 7.64. The van der Waals surface area contributed by atoms with Crippen LogP contribution in [0.5, 0.6) is 0 Å². The minimum Gasteiger partial charge on any atom is -0.395 e. The molecule has 10 nitrogen and oxygen atoms in total. The minimum atomic E-state index is -3.76. The molecule has 1 aliphatic rings.